The van der Waals surface area contributed by atoms with E-state index >= 15 is 0 Å². The van der Waals surface area contributed by atoms with E-state index in [9.17, 15) is 20.4 Å². The Balaban J connectivity index is 1.70. The van der Waals surface area contributed by atoms with Crippen LogP contribution in [0.2, 0.25) is 0 Å². The van der Waals surface area contributed by atoms with Crippen molar-refractivity contribution < 1.29 is 20.4 Å². The van der Waals surface area contributed by atoms with Crippen molar-refractivity contribution in [2.75, 3.05) is 0 Å². The number of phenols is 4. The Kier molecular flexibility index (Phi) is 4.29. The third-order valence-electron chi connectivity index (χ3n) is 3.92. The van der Waals surface area contributed by atoms with Crippen LogP contribution in [0.25, 0.3) is 0 Å². The molecule has 0 spiro atoms. The van der Waals surface area contributed by atoms with Crippen LogP contribution in [0.3, 0.4) is 0 Å². The SMILES string of the molecule is Oc1ccc(Cc2ccc(Cc3ccc(O)c(O)c3)cc2)cc1O. The zero-order valence-electron chi connectivity index (χ0n) is 13.0. The number of phenolic OH excluding ortho intramolecular Hbond substituents is 4. The summed E-state index contributed by atoms with van der Waals surface area (Å²) in [6.45, 7) is 0. The molecule has 0 aliphatic carbocycles. The van der Waals surface area contributed by atoms with Crippen molar-refractivity contribution in [2.24, 2.45) is 0 Å². The normalized spacial score (nSPS) is 10.7. The molecule has 4 heteroatoms. The van der Waals surface area contributed by atoms with Gasteiger partial charge in [0, 0.05) is 0 Å². The molecule has 4 N–H and O–H groups in total. The third-order valence-corrected chi connectivity index (χ3v) is 3.92. The van der Waals surface area contributed by atoms with E-state index in [0.717, 1.165) is 22.3 Å². The van der Waals surface area contributed by atoms with Crippen molar-refractivity contribution in [1.29, 1.82) is 0 Å². The summed E-state index contributed by atoms with van der Waals surface area (Å²) < 4.78 is 0. The Morgan fingerprint density at radius 3 is 1.08 bits per heavy atom. The van der Waals surface area contributed by atoms with Crippen LogP contribution in [0, 0.1) is 0 Å². The molecule has 0 atom stereocenters. The molecule has 0 aromatic heterocycles. The maximum absolute atomic E-state index is 9.54. The lowest BCUT2D eigenvalue weighted by molar-refractivity contribution is 0.403. The summed E-state index contributed by atoms with van der Waals surface area (Å²) in [5, 5.41) is 37.8. The highest BCUT2D eigenvalue weighted by Gasteiger charge is 2.04. The highest BCUT2D eigenvalue weighted by molar-refractivity contribution is 5.43. The first-order valence-corrected chi connectivity index (χ1v) is 7.61. The summed E-state index contributed by atoms with van der Waals surface area (Å²) in [5.41, 5.74) is 4.03. The minimum Gasteiger partial charge on any atom is -0.504 e. The van der Waals surface area contributed by atoms with Gasteiger partial charge in [0.1, 0.15) is 0 Å². The average Bonchev–Trinajstić information content (AvgIpc) is 2.56. The molecule has 4 nitrogen and oxygen atoms in total. The zero-order chi connectivity index (χ0) is 17.1. The fourth-order valence-electron chi connectivity index (χ4n) is 2.60. The minimum atomic E-state index is -0.119. The predicted octanol–water partition coefficient (Wildman–Crippen LogP) is 3.69. The molecule has 3 aromatic rings. The van der Waals surface area contributed by atoms with Gasteiger partial charge < -0.3 is 20.4 Å². The Hall–Kier alpha value is -3.14. The lowest BCUT2D eigenvalue weighted by atomic mass is 10.00. The van der Waals surface area contributed by atoms with Gasteiger partial charge in [0.05, 0.1) is 0 Å². The summed E-state index contributed by atoms with van der Waals surface area (Å²) in [7, 11) is 0. The molecule has 0 saturated carbocycles. The van der Waals surface area contributed by atoms with E-state index in [0.29, 0.717) is 12.8 Å². The van der Waals surface area contributed by atoms with Gasteiger partial charge in [-0.25, -0.2) is 0 Å². The Morgan fingerprint density at radius 1 is 0.417 bits per heavy atom. The van der Waals surface area contributed by atoms with Crippen molar-refractivity contribution >= 4 is 0 Å². The average molecular weight is 322 g/mol. The van der Waals surface area contributed by atoms with E-state index in [-0.39, 0.29) is 23.0 Å². The summed E-state index contributed by atoms with van der Waals surface area (Å²) in [6.07, 6.45) is 1.32. The molecule has 24 heavy (non-hydrogen) atoms. The Labute approximate surface area is 139 Å². The van der Waals surface area contributed by atoms with Gasteiger partial charge in [-0.3, -0.25) is 0 Å². The molecule has 0 radical (unpaired) electrons. The second-order valence-electron chi connectivity index (χ2n) is 5.82. The van der Waals surface area contributed by atoms with Crippen LogP contribution in [-0.2, 0) is 12.8 Å². The number of hydrogen-bond donors (Lipinski definition) is 4. The van der Waals surface area contributed by atoms with Gasteiger partial charge in [-0.05, 0) is 59.4 Å². The molecule has 0 aliphatic heterocycles. The first kappa shape index (κ1) is 15.7. The van der Waals surface area contributed by atoms with Crippen LogP contribution in [0.1, 0.15) is 22.3 Å². The number of benzene rings is 3. The molecule has 0 heterocycles. The van der Waals surface area contributed by atoms with E-state index in [1.807, 2.05) is 24.3 Å². The smallest absolute Gasteiger partial charge is 0.157 e. The van der Waals surface area contributed by atoms with Gasteiger partial charge in [0.2, 0.25) is 0 Å². The monoisotopic (exact) mass is 322 g/mol. The van der Waals surface area contributed by atoms with Gasteiger partial charge >= 0.3 is 0 Å². The fraction of sp³-hybridized carbons (Fsp3) is 0.100. The van der Waals surface area contributed by atoms with Gasteiger partial charge in [-0.1, -0.05) is 36.4 Å². The fourth-order valence-corrected chi connectivity index (χ4v) is 2.60. The minimum absolute atomic E-state index is 0.115. The maximum atomic E-state index is 9.54. The molecular weight excluding hydrogens is 304 g/mol. The van der Waals surface area contributed by atoms with Crippen LogP contribution >= 0.6 is 0 Å². The van der Waals surface area contributed by atoms with Crippen LogP contribution in [0.15, 0.2) is 60.7 Å². The number of rotatable bonds is 4. The summed E-state index contributed by atoms with van der Waals surface area (Å²) in [4.78, 5) is 0. The van der Waals surface area contributed by atoms with Gasteiger partial charge in [-0.2, -0.15) is 0 Å². The molecule has 0 fully saturated rings. The molecular formula is C20H18O4. The van der Waals surface area contributed by atoms with Crippen LogP contribution in [0.5, 0.6) is 23.0 Å². The van der Waals surface area contributed by atoms with Gasteiger partial charge in [-0.15, -0.1) is 0 Å². The molecule has 0 amide bonds. The van der Waals surface area contributed by atoms with Crippen LogP contribution in [0.4, 0.5) is 0 Å². The number of aromatic hydroxyl groups is 4. The second kappa shape index (κ2) is 6.54. The van der Waals surface area contributed by atoms with Gasteiger partial charge in [0.15, 0.2) is 23.0 Å². The Morgan fingerprint density at radius 2 is 0.750 bits per heavy atom. The summed E-state index contributed by atoms with van der Waals surface area (Å²) >= 11 is 0. The molecule has 0 bridgehead atoms. The largest absolute Gasteiger partial charge is 0.504 e. The first-order chi connectivity index (χ1) is 11.5. The number of hydrogen-bond acceptors (Lipinski definition) is 4. The maximum Gasteiger partial charge on any atom is 0.157 e. The third kappa shape index (κ3) is 3.60. The van der Waals surface area contributed by atoms with Gasteiger partial charge in [0.25, 0.3) is 0 Å². The molecule has 0 unspecified atom stereocenters. The van der Waals surface area contributed by atoms with Crippen LogP contribution in [-0.4, -0.2) is 20.4 Å². The molecule has 122 valence electrons. The highest BCUT2D eigenvalue weighted by atomic mass is 16.3. The highest BCUT2D eigenvalue weighted by Crippen LogP contribution is 2.27. The predicted molar refractivity (Wildman–Crippen MR) is 91.6 cm³/mol. The van der Waals surface area contributed by atoms with Crippen molar-refractivity contribution in [3.63, 3.8) is 0 Å². The summed E-state index contributed by atoms with van der Waals surface area (Å²) in [6, 6.07) is 17.7. The molecule has 0 saturated heterocycles. The van der Waals surface area contributed by atoms with Crippen LogP contribution < -0.4 is 0 Å². The van der Waals surface area contributed by atoms with E-state index in [4.69, 9.17) is 0 Å². The standard InChI is InChI=1S/C20H18O4/c21-17-7-5-15(11-19(17)23)9-13-1-2-14(4-3-13)10-16-6-8-18(22)20(24)12-16/h1-8,11-12,21-24H,9-10H2. The van der Waals surface area contributed by atoms with E-state index in [2.05, 4.69) is 0 Å². The quantitative estimate of drug-likeness (QED) is 0.552. The molecule has 3 aromatic carbocycles. The van der Waals surface area contributed by atoms with Crippen molar-refractivity contribution in [2.45, 2.75) is 12.8 Å². The lowest BCUT2D eigenvalue weighted by Crippen LogP contribution is -1.91. The Bertz CT molecular complexity index is 782. The van der Waals surface area contributed by atoms with Crippen molar-refractivity contribution in [3.05, 3.63) is 82.9 Å². The second-order valence-corrected chi connectivity index (χ2v) is 5.82. The topological polar surface area (TPSA) is 80.9 Å². The molecule has 3 rings (SSSR count). The zero-order valence-corrected chi connectivity index (χ0v) is 13.0. The first-order valence-electron chi connectivity index (χ1n) is 7.61. The van der Waals surface area contributed by atoms with E-state index < -0.39 is 0 Å². The van der Waals surface area contributed by atoms with E-state index in [1.165, 1.54) is 12.1 Å². The summed E-state index contributed by atoms with van der Waals surface area (Å²) in [5.74, 6) is -0.468. The molecule has 0 aliphatic rings. The van der Waals surface area contributed by atoms with Crippen molar-refractivity contribution in [3.8, 4) is 23.0 Å². The van der Waals surface area contributed by atoms with E-state index in [1.54, 1.807) is 24.3 Å². The lowest BCUT2D eigenvalue weighted by Gasteiger charge is -2.07. The van der Waals surface area contributed by atoms with Crippen molar-refractivity contribution in [1.82, 2.24) is 0 Å².